The third-order valence-corrected chi connectivity index (χ3v) is 9.46. The molecule has 1 aromatic carbocycles. The van der Waals surface area contributed by atoms with E-state index in [-0.39, 0.29) is 12.1 Å². The van der Waals surface area contributed by atoms with E-state index in [1.54, 1.807) is 6.07 Å². The maximum absolute atomic E-state index is 14.2. The first-order chi connectivity index (χ1) is 25.0. The fourth-order valence-corrected chi connectivity index (χ4v) is 5.53. The molecule has 0 aromatic heterocycles. The first-order valence-electron chi connectivity index (χ1n) is 16.8. The highest BCUT2D eigenvalue weighted by molar-refractivity contribution is 7.86. The molecule has 4 rings (SSSR count). The second-order valence-corrected chi connectivity index (χ2v) is 15.2. The van der Waals surface area contributed by atoms with E-state index >= 15 is 0 Å². The summed E-state index contributed by atoms with van der Waals surface area (Å²) in [5.74, 6) is 0.639. The molecule has 0 radical (unpaired) electrons. The number of hydrogen-bond acceptors (Lipinski definition) is 11. The molecule has 0 atom stereocenters. The predicted molar refractivity (Wildman–Crippen MR) is 176 cm³/mol. The standard InChI is InChI=1S/C28H44F3N3O4.2CHF3O3S/c29-28(30,31)27-21-26(34-9-5-24(6-10-34)22-32-7-1-2-8-32)4-3-25(27)23-33-11-13-35-15-17-37-19-20-38-18-16-36-14-12-33;2*2-1(3,4)8(5,6)7/h3-4,21,24H,1-2,5-20,22-23H2;2*(H,5,6,7). The van der Waals surface area contributed by atoms with Crippen LogP contribution in [0.1, 0.15) is 36.8 Å². The zero-order chi connectivity index (χ0) is 40.6. The van der Waals surface area contributed by atoms with Crippen molar-refractivity contribution < 1.29 is 84.4 Å². The molecule has 0 aliphatic carbocycles. The van der Waals surface area contributed by atoms with E-state index in [0.29, 0.717) is 77.5 Å². The number of piperidine rings is 1. The first kappa shape index (κ1) is 48.1. The number of anilines is 1. The van der Waals surface area contributed by atoms with Crippen LogP contribution in [0.25, 0.3) is 0 Å². The van der Waals surface area contributed by atoms with Crippen LogP contribution in [-0.4, -0.2) is 145 Å². The van der Waals surface area contributed by atoms with E-state index in [0.717, 1.165) is 32.5 Å². The molecule has 3 aliphatic heterocycles. The zero-order valence-electron chi connectivity index (χ0n) is 29.2. The van der Waals surface area contributed by atoms with E-state index in [1.807, 2.05) is 11.0 Å². The summed E-state index contributed by atoms with van der Waals surface area (Å²) in [6, 6.07) is 4.87. The average Bonchev–Trinajstić information content (AvgIpc) is 3.56. The number of hydrogen-bond donors (Lipinski definition) is 2. The molecule has 1 aromatic rings. The molecule has 3 saturated heterocycles. The van der Waals surface area contributed by atoms with Gasteiger partial charge >= 0.3 is 37.4 Å². The quantitative estimate of drug-likeness (QED) is 0.240. The fourth-order valence-electron chi connectivity index (χ4n) is 5.53. The molecule has 0 amide bonds. The lowest BCUT2D eigenvalue weighted by molar-refractivity contribution is -0.138. The number of benzene rings is 1. The summed E-state index contributed by atoms with van der Waals surface area (Å²) >= 11 is 0. The van der Waals surface area contributed by atoms with Crippen molar-refractivity contribution in [3.05, 3.63) is 29.3 Å². The Hall–Kier alpha value is -2.03. The molecular formula is C30H46F9N3O10S2. The summed E-state index contributed by atoms with van der Waals surface area (Å²) in [4.78, 5) is 6.63. The van der Waals surface area contributed by atoms with Crippen molar-refractivity contribution in [2.45, 2.75) is 49.4 Å². The molecule has 0 saturated carbocycles. The fraction of sp³-hybridized carbons (Fsp3) is 0.800. The van der Waals surface area contributed by atoms with Crippen LogP contribution >= 0.6 is 0 Å². The summed E-state index contributed by atoms with van der Waals surface area (Å²) in [6.45, 7) is 10.0. The van der Waals surface area contributed by atoms with Gasteiger partial charge in [-0.3, -0.25) is 14.0 Å². The van der Waals surface area contributed by atoms with E-state index < -0.39 is 43.0 Å². The van der Waals surface area contributed by atoms with Gasteiger partial charge in [0.05, 0.1) is 58.4 Å². The summed E-state index contributed by atoms with van der Waals surface area (Å²) in [5, 5.41) is 0. The van der Waals surface area contributed by atoms with Gasteiger partial charge in [0, 0.05) is 45.0 Å². The van der Waals surface area contributed by atoms with Gasteiger partial charge in [-0.1, -0.05) is 6.07 Å². The summed E-state index contributed by atoms with van der Waals surface area (Å²) in [6.07, 6.45) is 0.217. The molecule has 13 nitrogen and oxygen atoms in total. The van der Waals surface area contributed by atoms with Crippen molar-refractivity contribution in [2.75, 3.05) is 104 Å². The summed E-state index contributed by atoms with van der Waals surface area (Å²) in [5.41, 5.74) is -10.7. The maximum atomic E-state index is 14.2. The lowest BCUT2D eigenvalue weighted by Crippen LogP contribution is -2.38. The van der Waals surface area contributed by atoms with Crippen LogP contribution in [0.3, 0.4) is 0 Å². The average molecular weight is 844 g/mol. The van der Waals surface area contributed by atoms with Gasteiger partial charge in [0.1, 0.15) is 0 Å². The van der Waals surface area contributed by atoms with Gasteiger partial charge in [0.2, 0.25) is 0 Å². The minimum atomic E-state index is -5.84. The molecule has 0 bridgehead atoms. The normalized spacial score (nSPS) is 20.5. The van der Waals surface area contributed by atoms with Crippen molar-refractivity contribution in [1.29, 1.82) is 0 Å². The topological polar surface area (TPSA) is 155 Å². The Kier molecular flexibility index (Phi) is 19.7. The van der Waals surface area contributed by atoms with Crippen LogP contribution in [0.5, 0.6) is 0 Å². The molecule has 3 aliphatic rings. The number of alkyl halides is 9. The molecule has 3 fully saturated rings. The van der Waals surface area contributed by atoms with E-state index in [4.69, 9.17) is 44.9 Å². The number of likely N-dealkylation sites (tertiary alicyclic amines) is 1. The van der Waals surface area contributed by atoms with Crippen molar-refractivity contribution >= 4 is 25.9 Å². The SMILES string of the molecule is FC(F)(F)c1cc(N2CCC(CN3CCCC3)CC2)ccc1CN1CCOCCOCCOCCOCC1.O=S(=O)(O)C(F)(F)F.O=S(=O)(O)C(F)(F)F. The minimum absolute atomic E-state index is 0.187. The highest BCUT2D eigenvalue weighted by Crippen LogP contribution is 2.36. The third kappa shape index (κ3) is 18.3. The Bertz CT molecular complexity index is 1400. The molecule has 0 unspecified atom stereocenters. The Morgan fingerprint density at radius 3 is 1.41 bits per heavy atom. The number of nitrogens with zero attached hydrogens (tertiary/aromatic N) is 3. The lowest BCUT2D eigenvalue weighted by atomic mass is 9.95. The largest absolute Gasteiger partial charge is 0.522 e. The highest BCUT2D eigenvalue weighted by atomic mass is 32.2. The number of rotatable bonds is 5. The molecule has 24 heteroatoms. The monoisotopic (exact) mass is 843 g/mol. The van der Waals surface area contributed by atoms with Crippen LogP contribution in [-0.2, 0) is 51.9 Å². The van der Waals surface area contributed by atoms with Gasteiger partial charge in [-0.05, 0) is 62.4 Å². The maximum Gasteiger partial charge on any atom is 0.522 e. The van der Waals surface area contributed by atoms with Crippen LogP contribution in [0.4, 0.5) is 45.2 Å². The van der Waals surface area contributed by atoms with Crippen molar-refractivity contribution in [1.82, 2.24) is 9.80 Å². The second-order valence-electron chi connectivity index (χ2n) is 12.3. The second kappa shape index (κ2) is 22.1. The number of halogens is 9. The van der Waals surface area contributed by atoms with Gasteiger partial charge in [-0.25, -0.2) is 0 Å². The lowest BCUT2D eigenvalue weighted by Gasteiger charge is -2.35. The van der Waals surface area contributed by atoms with Gasteiger partial charge in [-0.2, -0.15) is 56.3 Å². The highest BCUT2D eigenvalue weighted by Gasteiger charge is 2.45. The van der Waals surface area contributed by atoms with E-state index in [9.17, 15) is 39.5 Å². The smallest absolute Gasteiger partial charge is 0.378 e. The van der Waals surface area contributed by atoms with Crippen molar-refractivity contribution in [3.8, 4) is 0 Å². The third-order valence-electron chi connectivity index (χ3n) is 8.29. The van der Waals surface area contributed by atoms with Crippen molar-refractivity contribution in [2.24, 2.45) is 5.92 Å². The Morgan fingerprint density at radius 1 is 0.611 bits per heavy atom. The molecule has 316 valence electrons. The number of ether oxygens (including phenoxy) is 4. The van der Waals surface area contributed by atoms with Crippen LogP contribution in [0.2, 0.25) is 0 Å². The summed E-state index contributed by atoms with van der Waals surface area (Å²) < 4.78 is 180. The van der Waals surface area contributed by atoms with Gasteiger partial charge < -0.3 is 28.7 Å². The van der Waals surface area contributed by atoms with Gasteiger partial charge in [0.15, 0.2) is 0 Å². The van der Waals surface area contributed by atoms with E-state index in [1.165, 1.54) is 32.0 Å². The molecule has 2 N–H and O–H groups in total. The summed E-state index contributed by atoms with van der Waals surface area (Å²) in [7, 11) is -11.7. The molecule has 54 heavy (non-hydrogen) atoms. The molecule has 3 heterocycles. The van der Waals surface area contributed by atoms with Gasteiger partial charge in [0.25, 0.3) is 0 Å². The van der Waals surface area contributed by atoms with Gasteiger partial charge in [-0.15, -0.1) is 0 Å². The van der Waals surface area contributed by atoms with Crippen LogP contribution in [0, 0.1) is 5.92 Å². The predicted octanol–water partition coefficient (Wildman–Crippen LogP) is 4.69. The van der Waals surface area contributed by atoms with Crippen molar-refractivity contribution in [3.63, 3.8) is 0 Å². The Morgan fingerprint density at radius 2 is 1.02 bits per heavy atom. The van der Waals surface area contributed by atoms with E-state index in [2.05, 4.69) is 9.80 Å². The molecular weight excluding hydrogens is 797 g/mol. The first-order valence-corrected chi connectivity index (χ1v) is 19.7. The minimum Gasteiger partial charge on any atom is -0.378 e. The Labute approximate surface area is 308 Å². The zero-order valence-corrected chi connectivity index (χ0v) is 30.8. The van der Waals surface area contributed by atoms with Crippen LogP contribution < -0.4 is 4.90 Å². The Balaban J connectivity index is 0.000000526. The molecule has 0 spiro atoms. The van der Waals surface area contributed by atoms with Crippen LogP contribution in [0.15, 0.2) is 18.2 Å².